The Hall–Kier alpha value is 0.01000. The second-order valence-corrected chi connectivity index (χ2v) is 7.14. The molecule has 2 rings (SSSR count). The molecule has 0 aliphatic carbocycles. The molecule has 1 heterocycles. The number of benzene rings is 1. The number of nitrogens with zero attached hydrogens (tertiary/aromatic N) is 1. The third-order valence-electron chi connectivity index (χ3n) is 4.37. The van der Waals surface area contributed by atoms with E-state index in [2.05, 4.69) is 24.2 Å². The second-order valence-electron chi connectivity index (χ2n) is 5.98. The Kier molecular flexibility index (Phi) is 6.64. The summed E-state index contributed by atoms with van der Waals surface area (Å²) in [5.41, 5.74) is 1.01. The first-order valence-electron chi connectivity index (χ1n) is 7.54. The topological polar surface area (TPSA) is 15.3 Å². The third-order valence-corrected chi connectivity index (χ3v) is 5.68. The summed E-state index contributed by atoms with van der Waals surface area (Å²) in [5, 5.41) is 5.05. The number of rotatable bonds is 5. The lowest BCUT2D eigenvalue weighted by molar-refractivity contribution is 0.211. The van der Waals surface area contributed by atoms with E-state index in [4.69, 9.17) is 34.8 Å². The summed E-state index contributed by atoms with van der Waals surface area (Å²) in [6.07, 6.45) is 3.83. The first kappa shape index (κ1) is 17.4. The highest BCUT2D eigenvalue weighted by Crippen LogP contribution is 2.35. The first-order valence-corrected chi connectivity index (χ1v) is 8.67. The van der Waals surface area contributed by atoms with Crippen molar-refractivity contribution in [1.82, 2.24) is 10.2 Å². The zero-order valence-corrected chi connectivity index (χ0v) is 14.9. The van der Waals surface area contributed by atoms with Gasteiger partial charge in [-0.25, -0.2) is 0 Å². The highest BCUT2D eigenvalue weighted by Gasteiger charge is 2.17. The van der Waals surface area contributed by atoms with Crippen LogP contribution in [0.1, 0.15) is 37.8 Å². The van der Waals surface area contributed by atoms with Crippen LogP contribution in [0.25, 0.3) is 0 Å². The molecule has 2 nitrogen and oxygen atoms in total. The van der Waals surface area contributed by atoms with Gasteiger partial charge in [-0.05, 0) is 70.4 Å². The van der Waals surface area contributed by atoms with Gasteiger partial charge in [0, 0.05) is 6.04 Å². The highest BCUT2D eigenvalue weighted by molar-refractivity contribution is 6.48. The quantitative estimate of drug-likeness (QED) is 0.750. The first-order chi connectivity index (χ1) is 9.99. The predicted molar refractivity (Wildman–Crippen MR) is 92.7 cm³/mol. The van der Waals surface area contributed by atoms with Gasteiger partial charge in [0.1, 0.15) is 0 Å². The molecule has 0 amide bonds. The molecule has 1 aromatic rings. The van der Waals surface area contributed by atoms with Gasteiger partial charge in [0.05, 0.1) is 15.1 Å². The Bertz CT molecular complexity index is 471. The van der Waals surface area contributed by atoms with Crippen molar-refractivity contribution >= 4 is 34.8 Å². The van der Waals surface area contributed by atoms with E-state index in [0.717, 1.165) is 18.0 Å². The van der Waals surface area contributed by atoms with Crippen molar-refractivity contribution in [3.63, 3.8) is 0 Å². The van der Waals surface area contributed by atoms with Crippen LogP contribution in [0.4, 0.5) is 0 Å². The lowest BCUT2D eigenvalue weighted by atomic mass is 9.93. The van der Waals surface area contributed by atoms with Crippen LogP contribution in [0.2, 0.25) is 15.1 Å². The van der Waals surface area contributed by atoms with E-state index in [9.17, 15) is 0 Å². The van der Waals surface area contributed by atoms with Crippen LogP contribution < -0.4 is 5.32 Å². The van der Waals surface area contributed by atoms with Crippen LogP contribution in [-0.2, 0) is 0 Å². The average Bonchev–Trinajstić information content (AvgIpc) is 2.47. The summed E-state index contributed by atoms with van der Waals surface area (Å²) in [6, 6.07) is 3.93. The minimum atomic E-state index is 0.179. The van der Waals surface area contributed by atoms with E-state index in [1.165, 1.54) is 32.4 Å². The smallest absolute Gasteiger partial charge is 0.0781 e. The molecule has 1 N–H and O–H groups in total. The van der Waals surface area contributed by atoms with E-state index in [1.807, 2.05) is 6.07 Å². The minimum absolute atomic E-state index is 0.179. The molecule has 1 fully saturated rings. The monoisotopic (exact) mass is 348 g/mol. The van der Waals surface area contributed by atoms with Gasteiger partial charge in [0.15, 0.2) is 0 Å². The number of likely N-dealkylation sites (tertiary alicyclic amines) is 1. The highest BCUT2D eigenvalue weighted by atomic mass is 35.5. The summed E-state index contributed by atoms with van der Waals surface area (Å²) >= 11 is 18.3. The number of halogens is 3. The summed E-state index contributed by atoms with van der Waals surface area (Å²) in [5.74, 6) is 0.838. The van der Waals surface area contributed by atoms with Gasteiger partial charge in [-0.1, -0.05) is 40.9 Å². The van der Waals surface area contributed by atoms with Crippen molar-refractivity contribution in [3.05, 3.63) is 32.8 Å². The standard InChI is InChI=1S/C16H23Cl3N2/c1-11(13-3-4-14(17)16(19)15(13)18)20-8-5-12-6-9-21(2)10-7-12/h3-4,11-12,20H,5-10H2,1-2H3. The molecule has 5 heteroatoms. The van der Waals surface area contributed by atoms with Crippen LogP contribution in [-0.4, -0.2) is 31.6 Å². The molecule has 21 heavy (non-hydrogen) atoms. The fourth-order valence-corrected chi connectivity index (χ4v) is 3.55. The normalized spacial score (nSPS) is 18.9. The molecule has 0 aromatic heterocycles. The largest absolute Gasteiger partial charge is 0.310 e. The van der Waals surface area contributed by atoms with Crippen molar-refractivity contribution in [2.24, 2.45) is 5.92 Å². The average molecular weight is 350 g/mol. The van der Waals surface area contributed by atoms with E-state index in [1.54, 1.807) is 6.07 Å². The molecular weight excluding hydrogens is 327 g/mol. The molecular formula is C16H23Cl3N2. The number of piperidine rings is 1. The Morgan fingerprint density at radius 3 is 2.52 bits per heavy atom. The Morgan fingerprint density at radius 1 is 1.19 bits per heavy atom. The fraction of sp³-hybridized carbons (Fsp3) is 0.625. The maximum atomic E-state index is 6.28. The molecule has 0 bridgehead atoms. The van der Waals surface area contributed by atoms with Gasteiger partial charge in [0.2, 0.25) is 0 Å². The van der Waals surface area contributed by atoms with Crippen molar-refractivity contribution in [1.29, 1.82) is 0 Å². The van der Waals surface area contributed by atoms with Gasteiger partial charge in [-0.3, -0.25) is 0 Å². The van der Waals surface area contributed by atoms with Crippen molar-refractivity contribution in [3.8, 4) is 0 Å². The summed E-state index contributed by atoms with van der Waals surface area (Å²) < 4.78 is 0. The van der Waals surface area contributed by atoms with E-state index in [-0.39, 0.29) is 6.04 Å². The Labute approximate surface area is 142 Å². The minimum Gasteiger partial charge on any atom is -0.310 e. The van der Waals surface area contributed by atoms with Crippen molar-refractivity contribution in [2.75, 3.05) is 26.7 Å². The van der Waals surface area contributed by atoms with Crippen molar-refractivity contribution in [2.45, 2.75) is 32.2 Å². The third kappa shape index (κ3) is 4.74. The van der Waals surface area contributed by atoms with Crippen LogP contribution >= 0.6 is 34.8 Å². The van der Waals surface area contributed by atoms with Gasteiger partial charge in [-0.15, -0.1) is 0 Å². The SMILES string of the molecule is CC(NCCC1CCN(C)CC1)c1ccc(Cl)c(Cl)c1Cl. The molecule has 1 atom stereocenters. The van der Waals surface area contributed by atoms with Crippen LogP contribution in [0.15, 0.2) is 12.1 Å². The molecule has 1 aliphatic rings. The number of nitrogens with one attached hydrogen (secondary N) is 1. The maximum Gasteiger partial charge on any atom is 0.0781 e. The van der Waals surface area contributed by atoms with E-state index < -0.39 is 0 Å². The zero-order valence-electron chi connectivity index (χ0n) is 12.6. The van der Waals surface area contributed by atoms with Gasteiger partial charge in [-0.2, -0.15) is 0 Å². The van der Waals surface area contributed by atoms with E-state index in [0.29, 0.717) is 15.1 Å². The van der Waals surface area contributed by atoms with Crippen molar-refractivity contribution < 1.29 is 0 Å². The molecule has 1 aliphatic heterocycles. The number of hydrogen-bond acceptors (Lipinski definition) is 2. The summed E-state index contributed by atoms with van der Waals surface area (Å²) in [7, 11) is 2.20. The summed E-state index contributed by atoms with van der Waals surface area (Å²) in [6.45, 7) is 5.56. The summed E-state index contributed by atoms with van der Waals surface area (Å²) in [4.78, 5) is 2.40. The van der Waals surface area contributed by atoms with Crippen LogP contribution in [0.3, 0.4) is 0 Å². The van der Waals surface area contributed by atoms with Gasteiger partial charge < -0.3 is 10.2 Å². The predicted octanol–water partition coefficient (Wildman–Crippen LogP) is 5.03. The fourth-order valence-electron chi connectivity index (χ4n) is 2.84. The van der Waals surface area contributed by atoms with Crippen LogP contribution in [0, 0.1) is 5.92 Å². The van der Waals surface area contributed by atoms with Crippen LogP contribution in [0.5, 0.6) is 0 Å². The second kappa shape index (κ2) is 8.03. The lowest BCUT2D eigenvalue weighted by Crippen LogP contribution is -2.32. The molecule has 1 aromatic carbocycles. The lowest BCUT2D eigenvalue weighted by Gasteiger charge is -2.29. The van der Waals surface area contributed by atoms with Gasteiger partial charge >= 0.3 is 0 Å². The number of hydrogen-bond donors (Lipinski definition) is 1. The molecule has 0 radical (unpaired) electrons. The molecule has 1 saturated heterocycles. The molecule has 118 valence electrons. The molecule has 0 spiro atoms. The zero-order chi connectivity index (χ0) is 15.4. The Morgan fingerprint density at radius 2 is 1.86 bits per heavy atom. The Balaban J connectivity index is 1.82. The molecule has 0 saturated carbocycles. The van der Waals surface area contributed by atoms with Gasteiger partial charge in [0.25, 0.3) is 0 Å². The maximum absolute atomic E-state index is 6.28. The van der Waals surface area contributed by atoms with E-state index >= 15 is 0 Å². The molecule has 1 unspecified atom stereocenters.